The maximum atomic E-state index is 9.82. The Labute approximate surface area is 63.9 Å². The minimum Gasteiger partial charge on any atom is -0.384 e. The first kappa shape index (κ1) is 10.5. The zero-order valence-corrected chi connectivity index (χ0v) is 6.19. The van der Waals surface area contributed by atoms with Crippen LogP contribution in [0.2, 0.25) is 0 Å². The maximum Gasteiger partial charge on any atom is 0.303 e. The maximum absolute atomic E-state index is 9.82. The first-order valence-corrected chi connectivity index (χ1v) is 3.74. The quantitative estimate of drug-likeness (QED) is 0.275. The van der Waals surface area contributed by atoms with Crippen molar-refractivity contribution in [2.24, 2.45) is 0 Å². The molecule has 0 aromatic heterocycles. The van der Waals surface area contributed by atoms with Crippen molar-refractivity contribution in [2.75, 3.05) is 0 Å². The van der Waals surface area contributed by atoms with Crippen LogP contribution in [0, 0.1) is 0 Å². The van der Waals surface area contributed by atoms with E-state index < -0.39 is 28.8 Å². The van der Waals surface area contributed by atoms with Gasteiger partial charge in [0.2, 0.25) is 10.3 Å². The number of rotatable bonds is 3. The molecule has 0 aliphatic carbocycles. The largest absolute Gasteiger partial charge is 0.384 e. The third kappa shape index (κ3) is 4.87. The lowest BCUT2D eigenvalue weighted by atomic mass is 10.2. The molecule has 4 N–H and O–H groups in total. The zero-order chi connectivity index (χ0) is 9.07. The molecule has 11 heavy (non-hydrogen) atoms. The average Bonchev–Trinajstić information content (AvgIpc) is 1.80. The summed E-state index contributed by atoms with van der Waals surface area (Å²) in [5.41, 5.74) is 0. The molecule has 0 heterocycles. The molecule has 66 valence electrons. The number of hydrogen-bond acceptors (Lipinski definition) is 6. The Kier molecular flexibility index (Phi) is 3.63. The summed E-state index contributed by atoms with van der Waals surface area (Å²) in [7, 11) is -2.49. The fraction of sp³-hybridized carbons (Fsp3) is 0.750. The van der Waals surface area contributed by atoms with Crippen molar-refractivity contribution >= 4 is 15.7 Å². The van der Waals surface area contributed by atoms with E-state index in [9.17, 15) is 8.42 Å². The Morgan fingerprint density at radius 2 is 1.82 bits per heavy atom. The van der Waals surface area contributed by atoms with Gasteiger partial charge >= 0.3 is 5.97 Å². The molecule has 0 aromatic rings. The number of hydrogen-bond donors (Lipinski definition) is 4. The van der Waals surface area contributed by atoms with Crippen molar-refractivity contribution in [3.63, 3.8) is 0 Å². The topological polar surface area (TPSA) is 115 Å². The highest BCUT2D eigenvalue weighted by molar-refractivity contribution is 7.71. The van der Waals surface area contributed by atoms with Crippen LogP contribution < -0.4 is 0 Å². The van der Waals surface area contributed by atoms with E-state index in [1.54, 1.807) is 0 Å². The fourth-order valence-electron chi connectivity index (χ4n) is 0.328. The molecule has 0 aliphatic rings. The van der Waals surface area contributed by atoms with Crippen LogP contribution in [0.5, 0.6) is 0 Å². The molecule has 0 aliphatic heterocycles. The zero-order valence-electron chi connectivity index (χ0n) is 5.38. The molecule has 0 saturated heterocycles. The Morgan fingerprint density at radius 1 is 1.36 bits per heavy atom. The van der Waals surface area contributed by atoms with Crippen LogP contribution in [0.15, 0.2) is 0 Å². The Morgan fingerprint density at radius 3 is 2.09 bits per heavy atom. The van der Waals surface area contributed by atoms with Gasteiger partial charge in [-0.25, -0.2) is 0 Å². The molecule has 0 aromatic carbocycles. The van der Waals surface area contributed by atoms with Crippen LogP contribution in [-0.2, 0) is 10.3 Å². The molecule has 0 fully saturated rings. The van der Waals surface area contributed by atoms with E-state index in [-0.39, 0.29) is 0 Å². The summed E-state index contributed by atoms with van der Waals surface area (Å²) in [6.45, 7) is 0. The number of aliphatic hydroxyl groups is 4. The lowest BCUT2D eigenvalue weighted by Gasteiger charge is -2.18. The highest BCUT2D eigenvalue weighted by Gasteiger charge is 2.29. The molecular formula is C4H8O6S. The van der Waals surface area contributed by atoms with Crippen LogP contribution in [0.1, 0.15) is 6.42 Å². The summed E-state index contributed by atoms with van der Waals surface area (Å²) in [5, 5.41) is 33.9. The molecule has 0 amide bonds. The van der Waals surface area contributed by atoms with Gasteiger partial charge in [-0.2, -0.15) is 8.42 Å². The standard InChI is InChI=1S/C4H8O6S/c5-3(4(6,7)8)1-2-11(9)10/h2-3,5-8H,1H2. The highest BCUT2D eigenvalue weighted by Crippen LogP contribution is 2.03. The first-order valence-electron chi connectivity index (χ1n) is 2.60. The lowest BCUT2D eigenvalue weighted by Crippen LogP contribution is -2.42. The van der Waals surface area contributed by atoms with Gasteiger partial charge in [-0.15, -0.1) is 0 Å². The molecule has 0 saturated carbocycles. The summed E-state index contributed by atoms with van der Waals surface area (Å²) in [6, 6.07) is 0. The number of aliphatic hydroxyl groups excluding tert-OH is 1. The van der Waals surface area contributed by atoms with Gasteiger partial charge in [0, 0.05) is 11.8 Å². The van der Waals surface area contributed by atoms with Crippen LogP contribution in [0.4, 0.5) is 0 Å². The van der Waals surface area contributed by atoms with Crippen LogP contribution in [0.3, 0.4) is 0 Å². The Bertz CT molecular complexity index is 226. The van der Waals surface area contributed by atoms with Crippen molar-refractivity contribution in [3.05, 3.63) is 0 Å². The van der Waals surface area contributed by atoms with Gasteiger partial charge in [-0.1, -0.05) is 0 Å². The van der Waals surface area contributed by atoms with Crippen LogP contribution in [-0.4, -0.2) is 46.3 Å². The van der Waals surface area contributed by atoms with Gasteiger partial charge in [-0.3, -0.25) is 0 Å². The summed E-state index contributed by atoms with van der Waals surface area (Å²) in [4.78, 5) is 0. The lowest BCUT2D eigenvalue weighted by molar-refractivity contribution is -0.352. The second-order valence-corrected chi connectivity index (χ2v) is 2.72. The SMILES string of the molecule is O=S(=O)=CCC(O)C(O)(O)O. The van der Waals surface area contributed by atoms with E-state index in [0.717, 1.165) is 0 Å². The second kappa shape index (κ2) is 3.79. The van der Waals surface area contributed by atoms with E-state index in [2.05, 4.69) is 0 Å². The van der Waals surface area contributed by atoms with Crippen LogP contribution in [0.25, 0.3) is 0 Å². The van der Waals surface area contributed by atoms with E-state index in [1.807, 2.05) is 0 Å². The normalized spacial score (nSPS) is 14.2. The van der Waals surface area contributed by atoms with E-state index >= 15 is 0 Å². The molecule has 1 unspecified atom stereocenters. The molecule has 1 atom stereocenters. The first-order chi connectivity index (χ1) is 4.84. The molecular weight excluding hydrogens is 176 g/mol. The second-order valence-electron chi connectivity index (χ2n) is 1.87. The van der Waals surface area contributed by atoms with Crippen molar-refractivity contribution < 1.29 is 28.8 Å². The van der Waals surface area contributed by atoms with Gasteiger partial charge < -0.3 is 20.4 Å². The summed E-state index contributed by atoms with van der Waals surface area (Å²) in [6.07, 6.45) is -2.49. The minimum absolute atomic E-state index is 0.556. The molecule has 0 radical (unpaired) electrons. The summed E-state index contributed by atoms with van der Waals surface area (Å²) >= 11 is 0. The van der Waals surface area contributed by atoms with Gasteiger partial charge in [0.25, 0.3) is 0 Å². The third-order valence-electron chi connectivity index (χ3n) is 0.903. The highest BCUT2D eigenvalue weighted by atomic mass is 32.2. The fourth-order valence-corrected chi connectivity index (χ4v) is 0.667. The van der Waals surface area contributed by atoms with Crippen molar-refractivity contribution in [1.82, 2.24) is 0 Å². The van der Waals surface area contributed by atoms with Crippen molar-refractivity contribution in [3.8, 4) is 0 Å². The summed E-state index contributed by atoms with van der Waals surface area (Å²) < 4.78 is 19.6. The Balaban J connectivity index is 4.10. The van der Waals surface area contributed by atoms with Gasteiger partial charge in [0.15, 0.2) is 0 Å². The van der Waals surface area contributed by atoms with E-state index in [0.29, 0.717) is 5.37 Å². The van der Waals surface area contributed by atoms with Gasteiger partial charge in [0.1, 0.15) is 6.10 Å². The molecule has 0 spiro atoms. The molecule has 6 nitrogen and oxygen atoms in total. The van der Waals surface area contributed by atoms with Crippen molar-refractivity contribution in [2.45, 2.75) is 18.5 Å². The molecule has 0 rings (SSSR count). The van der Waals surface area contributed by atoms with E-state index in [1.165, 1.54) is 0 Å². The Hall–Kier alpha value is -0.470. The predicted molar refractivity (Wildman–Crippen MR) is 35.0 cm³/mol. The van der Waals surface area contributed by atoms with Gasteiger partial charge in [-0.05, 0) is 0 Å². The van der Waals surface area contributed by atoms with Crippen molar-refractivity contribution in [1.29, 1.82) is 0 Å². The average molecular weight is 184 g/mol. The molecule has 0 bridgehead atoms. The predicted octanol–water partition coefficient (Wildman–Crippen LogP) is -2.95. The molecule has 7 heteroatoms. The monoisotopic (exact) mass is 184 g/mol. The minimum atomic E-state index is -3.25. The summed E-state index contributed by atoms with van der Waals surface area (Å²) in [5.74, 6) is -3.25. The van der Waals surface area contributed by atoms with Gasteiger partial charge in [0.05, 0.1) is 0 Å². The van der Waals surface area contributed by atoms with E-state index in [4.69, 9.17) is 20.4 Å². The van der Waals surface area contributed by atoms with Crippen LogP contribution >= 0.6 is 0 Å². The smallest absolute Gasteiger partial charge is 0.303 e. The third-order valence-corrected chi connectivity index (χ3v) is 1.37.